The molecule has 0 saturated carbocycles. The first-order chi connectivity index (χ1) is 11.5. The first kappa shape index (κ1) is 17.0. The summed E-state index contributed by atoms with van der Waals surface area (Å²) < 4.78 is 0. The van der Waals surface area contributed by atoms with Gasteiger partial charge in [-0.05, 0) is 48.9 Å². The van der Waals surface area contributed by atoms with Crippen LogP contribution in [0.15, 0.2) is 75.4 Å². The molecule has 7 heteroatoms. The number of nitroso groups, excluding NO2 is 1. The number of allylic oxidation sites excluding steroid dienone is 1. The predicted molar refractivity (Wildman–Crippen MR) is 91.6 cm³/mol. The number of amides is 1. The highest BCUT2D eigenvalue weighted by Crippen LogP contribution is 2.29. The SMILES string of the molecule is C/C(O)=C(\N=N\c1ccc(C)cc1N=O)C(=O)Nc1ccccc1. The van der Waals surface area contributed by atoms with Crippen LogP contribution in [0.3, 0.4) is 0 Å². The highest BCUT2D eigenvalue weighted by Gasteiger charge is 2.13. The Hall–Kier alpha value is -3.35. The van der Waals surface area contributed by atoms with Crippen molar-refractivity contribution in [2.24, 2.45) is 15.4 Å². The molecule has 0 unspecified atom stereocenters. The van der Waals surface area contributed by atoms with Crippen LogP contribution in [0.2, 0.25) is 0 Å². The van der Waals surface area contributed by atoms with Crippen LogP contribution in [0.5, 0.6) is 0 Å². The molecule has 24 heavy (non-hydrogen) atoms. The van der Waals surface area contributed by atoms with Crippen molar-refractivity contribution in [3.63, 3.8) is 0 Å². The number of para-hydroxylation sites is 1. The third-order valence-corrected chi connectivity index (χ3v) is 3.08. The van der Waals surface area contributed by atoms with E-state index in [1.807, 2.05) is 13.0 Å². The number of nitrogens with one attached hydrogen (secondary N) is 1. The second-order valence-corrected chi connectivity index (χ2v) is 5.04. The fourth-order valence-electron chi connectivity index (χ4n) is 1.89. The fraction of sp³-hybridized carbons (Fsp3) is 0.118. The number of hydrogen-bond donors (Lipinski definition) is 2. The summed E-state index contributed by atoms with van der Waals surface area (Å²) in [5.74, 6) is -0.905. The second-order valence-electron chi connectivity index (χ2n) is 5.04. The number of hydrogen-bond acceptors (Lipinski definition) is 6. The standard InChI is InChI=1S/C17H16N4O3/c1-11-8-9-14(15(10-11)21-24)19-20-16(12(2)22)17(23)18-13-6-4-3-5-7-13/h3-10,22H,1-2H3,(H,18,23)/b16-12+,20-19+. The molecule has 0 heterocycles. The lowest BCUT2D eigenvalue weighted by molar-refractivity contribution is -0.113. The maximum Gasteiger partial charge on any atom is 0.279 e. The lowest BCUT2D eigenvalue weighted by Gasteiger charge is -2.05. The lowest BCUT2D eigenvalue weighted by atomic mass is 10.2. The number of azo groups is 1. The van der Waals surface area contributed by atoms with Crippen LogP contribution in [-0.4, -0.2) is 11.0 Å². The minimum atomic E-state index is -0.613. The number of carbonyl (C=O) groups excluding carboxylic acids is 1. The number of aliphatic hydroxyl groups is 1. The van der Waals surface area contributed by atoms with Gasteiger partial charge in [-0.2, -0.15) is 0 Å². The molecule has 122 valence electrons. The van der Waals surface area contributed by atoms with Gasteiger partial charge in [0.25, 0.3) is 5.91 Å². The van der Waals surface area contributed by atoms with Crippen molar-refractivity contribution in [2.75, 3.05) is 5.32 Å². The molecule has 1 amide bonds. The Labute approximate surface area is 138 Å². The van der Waals surface area contributed by atoms with Crippen LogP contribution in [0.25, 0.3) is 0 Å². The van der Waals surface area contributed by atoms with Crippen molar-refractivity contribution in [1.29, 1.82) is 0 Å². The van der Waals surface area contributed by atoms with E-state index in [1.54, 1.807) is 42.5 Å². The Morgan fingerprint density at radius 1 is 1.08 bits per heavy atom. The largest absolute Gasteiger partial charge is 0.510 e. The molecule has 0 atom stereocenters. The van der Waals surface area contributed by atoms with E-state index < -0.39 is 5.91 Å². The molecule has 2 aromatic rings. The Bertz CT molecular complexity index is 810. The molecule has 0 aliphatic carbocycles. The summed E-state index contributed by atoms with van der Waals surface area (Å²) in [4.78, 5) is 23.1. The lowest BCUT2D eigenvalue weighted by Crippen LogP contribution is -2.14. The minimum Gasteiger partial charge on any atom is -0.510 e. The molecule has 0 bridgehead atoms. The minimum absolute atomic E-state index is 0.108. The van der Waals surface area contributed by atoms with Gasteiger partial charge >= 0.3 is 0 Å². The third kappa shape index (κ3) is 4.33. The topological polar surface area (TPSA) is 103 Å². The van der Waals surface area contributed by atoms with E-state index in [0.717, 1.165) is 5.56 Å². The van der Waals surface area contributed by atoms with Gasteiger partial charge in [-0.3, -0.25) is 4.79 Å². The van der Waals surface area contributed by atoms with E-state index in [0.29, 0.717) is 5.69 Å². The summed E-state index contributed by atoms with van der Waals surface area (Å²) in [5, 5.41) is 22.8. The molecule has 2 rings (SSSR count). The van der Waals surface area contributed by atoms with Crippen LogP contribution in [-0.2, 0) is 4.79 Å². The molecule has 2 N–H and O–H groups in total. The smallest absolute Gasteiger partial charge is 0.279 e. The molecule has 7 nitrogen and oxygen atoms in total. The molecule has 2 aromatic carbocycles. The summed E-state index contributed by atoms with van der Waals surface area (Å²) in [5.41, 5.74) is 1.47. The van der Waals surface area contributed by atoms with Crippen molar-refractivity contribution in [3.8, 4) is 0 Å². The van der Waals surface area contributed by atoms with Gasteiger partial charge in [0, 0.05) is 5.69 Å². The van der Waals surface area contributed by atoms with E-state index in [4.69, 9.17) is 0 Å². The van der Waals surface area contributed by atoms with Crippen molar-refractivity contribution in [3.05, 3.63) is 70.5 Å². The summed E-state index contributed by atoms with van der Waals surface area (Å²) >= 11 is 0. The molecule has 0 aliphatic rings. The van der Waals surface area contributed by atoms with Gasteiger partial charge in [0.15, 0.2) is 5.70 Å². The number of aliphatic hydroxyl groups excluding tert-OH is 1. The van der Waals surface area contributed by atoms with Crippen molar-refractivity contribution in [1.82, 2.24) is 0 Å². The van der Waals surface area contributed by atoms with Gasteiger partial charge in [-0.1, -0.05) is 24.3 Å². The fourth-order valence-corrected chi connectivity index (χ4v) is 1.89. The molecule has 0 aromatic heterocycles. The number of carbonyl (C=O) groups is 1. The summed E-state index contributed by atoms with van der Waals surface area (Å²) in [7, 11) is 0. The van der Waals surface area contributed by atoms with Gasteiger partial charge in [0.2, 0.25) is 0 Å². The maximum atomic E-state index is 12.2. The second kappa shape index (κ2) is 7.77. The van der Waals surface area contributed by atoms with Crippen molar-refractivity contribution >= 4 is 23.0 Å². The van der Waals surface area contributed by atoms with E-state index >= 15 is 0 Å². The quantitative estimate of drug-likeness (QED) is 0.353. The van der Waals surface area contributed by atoms with Gasteiger partial charge in [-0.15, -0.1) is 15.1 Å². The van der Waals surface area contributed by atoms with E-state index in [1.165, 1.54) is 6.92 Å². The number of rotatable bonds is 5. The normalized spacial score (nSPS) is 11.9. The van der Waals surface area contributed by atoms with Crippen LogP contribution in [0.1, 0.15) is 12.5 Å². The zero-order chi connectivity index (χ0) is 17.5. The van der Waals surface area contributed by atoms with E-state index in [2.05, 4.69) is 20.7 Å². The maximum absolute atomic E-state index is 12.2. The van der Waals surface area contributed by atoms with Crippen LogP contribution < -0.4 is 5.32 Å². The molecular weight excluding hydrogens is 308 g/mol. The number of nitrogens with zero attached hydrogens (tertiary/aromatic N) is 3. The van der Waals surface area contributed by atoms with Crippen LogP contribution in [0.4, 0.5) is 17.1 Å². The van der Waals surface area contributed by atoms with Crippen molar-refractivity contribution < 1.29 is 9.90 Å². The number of anilines is 1. The highest BCUT2D eigenvalue weighted by molar-refractivity contribution is 6.03. The summed E-state index contributed by atoms with van der Waals surface area (Å²) in [6.45, 7) is 3.14. The molecule has 0 radical (unpaired) electrons. The Kier molecular flexibility index (Phi) is 5.51. The third-order valence-electron chi connectivity index (χ3n) is 3.08. The summed E-state index contributed by atoms with van der Waals surface area (Å²) in [6, 6.07) is 13.6. The first-order valence-corrected chi connectivity index (χ1v) is 7.13. The molecule has 0 saturated heterocycles. The Balaban J connectivity index is 2.25. The average molecular weight is 324 g/mol. The highest BCUT2D eigenvalue weighted by atomic mass is 16.3. The van der Waals surface area contributed by atoms with Gasteiger partial charge < -0.3 is 10.4 Å². The van der Waals surface area contributed by atoms with Crippen LogP contribution >= 0.6 is 0 Å². The first-order valence-electron chi connectivity index (χ1n) is 7.13. The van der Waals surface area contributed by atoms with E-state index in [9.17, 15) is 14.8 Å². The van der Waals surface area contributed by atoms with Crippen molar-refractivity contribution in [2.45, 2.75) is 13.8 Å². The molecule has 0 aliphatic heterocycles. The van der Waals surface area contributed by atoms with Crippen LogP contribution in [0, 0.1) is 11.8 Å². The number of benzene rings is 2. The zero-order valence-electron chi connectivity index (χ0n) is 13.2. The van der Waals surface area contributed by atoms with Gasteiger partial charge in [-0.25, -0.2) is 0 Å². The zero-order valence-corrected chi connectivity index (χ0v) is 13.2. The van der Waals surface area contributed by atoms with E-state index in [-0.39, 0.29) is 22.8 Å². The monoisotopic (exact) mass is 324 g/mol. The Morgan fingerprint density at radius 2 is 1.79 bits per heavy atom. The average Bonchev–Trinajstić information content (AvgIpc) is 2.56. The number of aryl methyl sites for hydroxylation is 1. The predicted octanol–water partition coefficient (Wildman–Crippen LogP) is 4.90. The Morgan fingerprint density at radius 3 is 2.42 bits per heavy atom. The summed E-state index contributed by atoms with van der Waals surface area (Å²) in [6.07, 6.45) is 0. The van der Waals surface area contributed by atoms with Gasteiger partial charge in [0.05, 0.1) is 0 Å². The molecule has 0 fully saturated rings. The molecular formula is C17H16N4O3. The molecule has 0 spiro atoms. The van der Waals surface area contributed by atoms with Gasteiger partial charge in [0.1, 0.15) is 17.1 Å².